The SMILES string of the molecule is Cc1cc(CNC(=O)N(C2CC2)[C@@H]2CCCN(c3nccnn3)C2)c(F)cc1Cl. The van der Waals surface area contributed by atoms with E-state index in [1.54, 1.807) is 18.5 Å². The number of benzene rings is 1. The summed E-state index contributed by atoms with van der Waals surface area (Å²) < 4.78 is 14.2. The van der Waals surface area contributed by atoms with Crippen LogP contribution in [0.2, 0.25) is 5.02 Å². The van der Waals surface area contributed by atoms with Crippen LogP contribution >= 0.6 is 11.6 Å². The molecule has 7 nitrogen and oxygen atoms in total. The number of hydrogen-bond donors (Lipinski definition) is 1. The summed E-state index contributed by atoms with van der Waals surface area (Å²) in [5.41, 5.74) is 1.22. The number of rotatable bonds is 5. The van der Waals surface area contributed by atoms with Crippen molar-refractivity contribution in [3.8, 4) is 0 Å². The lowest BCUT2D eigenvalue weighted by atomic mass is 10.0. The molecule has 0 radical (unpaired) electrons. The molecule has 9 heteroatoms. The lowest BCUT2D eigenvalue weighted by molar-refractivity contribution is 0.160. The molecule has 1 aliphatic carbocycles. The fourth-order valence-corrected chi connectivity index (χ4v) is 4.00. The van der Waals surface area contributed by atoms with Crippen LogP contribution in [0.5, 0.6) is 0 Å². The predicted molar refractivity (Wildman–Crippen MR) is 108 cm³/mol. The maximum Gasteiger partial charge on any atom is 0.318 e. The van der Waals surface area contributed by atoms with Gasteiger partial charge in [-0.15, -0.1) is 5.10 Å². The highest BCUT2D eigenvalue weighted by Gasteiger charge is 2.39. The van der Waals surface area contributed by atoms with Gasteiger partial charge in [0, 0.05) is 36.3 Å². The molecule has 2 fully saturated rings. The maximum atomic E-state index is 14.2. The van der Waals surface area contributed by atoms with E-state index in [9.17, 15) is 9.18 Å². The van der Waals surface area contributed by atoms with Crippen molar-refractivity contribution in [2.24, 2.45) is 0 Å². The molecule has 1 aromatic heterocycles. The quantitative estimate of drug-likeness (QED) is 0.806. The molecular weight excluding hydrogens is 395 g/mol. The summed E-state index contributed by atoms with van der Waals surface area (Å²) in [7, 11) is 0. The van der Waals surface area contributed by atoms with Crippen LogP contribution in [0.3, 0.4) is 0 Å². The van der Waals surface area contributed by atoms with Gasteiger partial charge in [0.25, 0.3) is 0 Å². The van der Waals surface area contributed by atoms with E-state index in [2.05, 4.69) is 25.4 Å². The number of nitrogens with one attached hydrogen (secondary N) is 1. The van der Waals surface area contributed by atoms with Gasteiger partial charge in [-0.2, -0.15) is 5.10 Å². The van der Waals surface area contributed by atoms with Crippen LogP contribution in [0.4, 0.5) is 15.1 Å². The number of anilines is 1. The molecule has 154 valence electrons. The van der Waals surface area contributed by atoms with Gasteiger partial charge in [0.05, 0.1) is 18.4 Å². The van der Waals surface area contributed by atoms with Gasteiger partial charge in [-0.3, -0.25) is 0 Å². The first-order valence-corrected chi connectivity index (χ1v) is 10.3. The molecule has 0 unspecified atom stereocenters. The molecule has 1 aliphatic heterocycles. The van der Waals surface area contributed by atoms with Crippen molar-refractivity contribution < 1.29 is 9.18 Å². The number of aromatic nitrogens is 3. The number of aryl methyl sites for hydroxylation is 1. The summed E-state index contributed by atoms with van der Waals surface area (Å²) in [5.74, 6) is 0.184. The molecule has 2 amide bonds. The second kappa shape index (κ2) is 8.49. The molecule has 2 aliphatic rings. The Balaban J connectivity index is 1.43. The van der Waals surface area contributed by atoms with E-state index in [1.807, 2.05) is 11.8 Å². The Morgan fingerprint density at radius 2 is 2.14 bits per heavy atom. The largest absolute Gasteiger partial charge is 0.337 e. The molecule has 1 N–H and O–H groups in total. The number of amides is 2. The van der Waals surface area contributed by atoms with E-state index in [0.29, 0.717) is 23.1 Å². The molecule has 1 saturated heterocycles. The van der Waals surface area contributed by atoms with Gasteiger partial charge < -0.3 is 15.1 Å². The van der Waals surface area contributed by atoms with E-state index in [4.69, 9.17) is 11.6 Å². The van der Waals surface area contributed by atoms with Gasteiger partial charge in [0.2, 0.25) is 5.95 Å². The van der Waals surface area contributed by atoms with Crippen LogP contribution in [0, 0.1) is 12.7 Å². The van der Waals surface area contributed by atoms with Crippen molar-refractivity contribution in [1.82, 2.24) is 25.4 Å². The Bertz CT molecular complexity index is 879. The number of hydrogen-bond acceptors (Lipinski definition) is 5. The lowest BCUT2D eigenvalue weighted by Crippen LogP contribution is -2.54. The summed E-state index contributed by atoms with van der Waals surface area (Å²) in [5, 5.41) is 11.3. The molecule has 1 atom stereocenters. The smallest absolute Gasteiger partial charge is 0.318 e. The third-order valence-electron chi connectivity index (χ3n) is 5.48. The van der Waals surface area contributed by atoms with Gasteiger partial charge in [-0.1, -0.05) is 11.6 Å². The molecule has 2 aromatic rings. The van der Waals surface area contributed by atoms with Crippen LogP contribution in [0.1, 0.15) is 36.8 Å². The maximum absolute atomic E-state index is 14.2. The molecule has 0 bridgehead atoms. The molecule has 4 rings (SSSR count). The minimum Gasteiger partial charge on any atom is -0.337 e. The van der Waals surface area contributed by atoms with E-state index in [0.717, 1.165) is 37.8 Å². The Labute approximate surface area is 174 Å². The average molecular weight is 419 g/mol. The zero-order chi connectivity index (χ0) is 20.4. The zero-order valence-corrected chi connectivity index (χ0v) is 17.1. The Morgan fingerprint density at radius 3 is 2.86 bits per heavy atom. The summed E-state index contributed by atoms with van der Waals surface area (Å²) in [6, 6.07) is 3.13. The van der Waals surface area contributed by atoms with Crippen molar-refractivity contribution in [3.05, 3.63) is 46.5 Å². The second-order valence-corrected chi connectivity index (χ2v) is 8.08. The molecule has 1 aromatic carbocycles. The number of urea groups is 1. The Kier molecular flexibility index (Phi) is 5.80. The summed E-state index contributed by atoms with van der Waals surface area (Å²) in [6.07, 6.45) is 7.05. The first-order chi connectivity index (χ1) is 14.0. The summed E-state index contributed by atoms with van der Waals surface area (Å²) in [4.78, 5) is 21.3. The molecular formula is C20H24ClFN6O. The lowest BCUT2D eigenvalue weighted by Gasteiger charge is -2.39. The van der Waals surface area contributed by atoms with Crippen LogP contribution in [-0.2, 0) is 6.54 Å². The fraction of sp³-hybridized carbons (Fsp3) is 0.500. The van der Waals surface area contributed by atoms with E-state index in [-0.39, 0.29) is 24.7 Å². The fourth-order valence-electron chi connectivity index (χ4n) is 3.85. The number of carbonyl (C=O) groups is 1. The van der Waals surface area contributed by atoms with Crippen molar-refractivity contribution >= 4 is 23.6 Å². The highest BCUT2D eigenvalue weighted by atomic mass is 35.5. The zero-order valence-electron chi connectivity index (χ0n) is 16.3. The number of piperidine rings is 1. The standard InChI is InChI=1S/C20H24ClFN6O/c1-13-9-14(18(22)10-17(13)21)11-24-20(29)28(15-4-5-15)16-3-2-8-27(12-16)19-23-6-7-25-26-19/h6-7,9-10,15-16H,2-5,8,11-12H2,1H3,(H,24,29)/t16-/m1/s1. The van der Waals surface area contributed by atoms with Gasteiger partial charge in [0.15, 0.2) is 0 Å². The normalized spacial score (nSPS) is 19.1. The predicted octanol–water partition coefficient (Wildman–Crippen LogP) is 3.32. The Morgan fingerprint density at radius 1 is 1.31 bits per heavy atom. The van der Waals surface area contributed by atoms with E-state index in [1.165, 1.54) is 6.07 Å². The van der Waals surface area contributed by atoms with Gasteiger partial charge in [0.1, 0.15) is 5.82 Å². The third-order valence-corrected chi connectivity index (χ3v) is 5.88. The highest BCUT2D eigenvalue weighted by molar-refractivity contribution is 6.31. The number of halogens is 2. The van der Waals surface area contributed by atoms with Gasteiger partial charge in [-0.25, -0.2) is 14.2 Å². The summed E-state index contributed by atoms with van der Waals surface area (Å²) >= 11 is 5.96. The first-order valence-electron chi connectivity index (χ1n) is 9.92. The van der Waals surface area contributed by atoms with E-state index < -0.39 is 5.82 Å². The number of carbonyl (C=O) groups excluding carboxylic acids is 1. The van der Waals surface area contributed by atoms with E-state index >= 15 is 0 Å². The first kappa shape index (κ1) is 19.8. The van der Waals surface area contributed by atoms with Crippen molar-refractivity contribution in [3.63, 3.8) is 0 Å². The molecule has 0 spiro atoms. The van der Waals surface area contributed by atoms with Gasteiger partial charge in [-0.05, 0) is 50.3 Å². The Hall–Kier alpha value is -2.48. The minimum absolute atomic E-state index is 0.0665. The summed E-state index contributed by atoms with van der Waals surface area (Å²) in [6.45, 7) is 3.47. The topological polar surface area (TPSA) is 74.2 Å². The van der Waals surface area contributed by atoms with Crippen LogP contribution in [-0.4, -0.2) is 51.3 Å². The molecule has 2 heterocycles. The minimum atomic E-state index is -0.406. The average Bonchev–Trinajstić information content (AvgIpc) is 3.56. The second-order valence-electron chi connectivity index (χ2n) is 7.67. The van der Waals surface area contributed by atoms with Crippen LogP contribution in [0.25, 0.3) is 0 Å². The monoisotopic (exact) mass is 418 g/mol. The third kappa shape index (κ3) is 4.58. The highest BCUT2D eigenvalue weighted by Crippen LogP contribution is 2.32. The van der Waals surface area contributed by atoms with Gasteiger partial charge >= 0.3 is 6.03 Å². The van der Waals surface area contributed by atoms with Crippen molar-refractivity contribution in [2.45, 2.75) is 51.2 Å². The van der Waals surface area contributed by atoms with Crippen LogP contribution < -0.4 is 10.2 Å². The van der Waals surface area contributed by atoms with Crippen LogP contribution in [0.15, 0.2) is 24.5 Å². The molecule has 1 saturated carbocycles. The number of nitrogens with zero attached hydrogens (tertiary/aromatic N) is 5. The van der Waals surface area contributed by atoms with Crippen molar-refractivity contribution in [1.29, 1.82) is 0 Å². The molecule has 29 heavy (non-hydrogen) atoms. The van der Waals surface area contributed by atoms with Crippen molar-refractivity contribution in [2.75, 3.05) is 18.0 Å².